The monoisotopic (exact) mass is 278 g/mol. The number of halogens is 2. The number of aromatic nitrogens is 1. The molecule has 0 spiro atoms. The van der Waals surface area contributed by atoms with Crippen LogP contribution in [0.15, 0.2) is 6.07 Å². The number of rotatable bonds is 6. The summed E-state index contributed by atoms with van der Waals surface area (Å²) in [5.74, 6) is 0.0386. The van der Waals surface area contributed by atoms with E-state index < -0.39 is 0 Å². The molecule has 0 aromatic carbocycles. The van der Waals surface area contributed by atoms with E-state index in [0.29, 0.717) is 17.3 Å². The van der Waals surface area contributed by atoms with Crippen molar-refractivity contribution in [3.8, 4) is 0 Å². The van der Waals surface area contributed by atoms with E-state index in [2.05, 4.69) is 10.3 Å². The van der Waals surface area contributed by atoms with Crippen LogP contribution in [0.1, 0.15) is 30.3 Å². The van der Waals surface area contributed by atoms with Crippen LogP contribution in [0.3, 0.4) is 0 Å². The lowest BCUT2D eigenvalue weighted by Gasteiger charge is -2.07. The molecular weight excluding hydrogens is 263 g/mol. The maximum Gasteiger partial charge on any atom is 0.267 e. The number of aliphatic hydroxyl groups excluding tert-OH is 1. The first-order chi connectivity index (χ1) is 8.04. The molecule has 0 bridgehead atoms. The number of H-pyrrole nitrogens is 1. The maximum absolute atomic E-state index is 11.6. The van der Waals surface area contributed by atoms with Gasteiger partial charge in [0.2, 0.25) is 0 Å². The summed E-state index contributed by atoms with van der Waals surface area (Å²) < 4.78 is 0. The van der Waals surface area contributed by atoms with Crippen molar-refractivity contribution in [2.45, 2.75) is 19.8 Å². The second-order valence-electron chi connectivity index (χ2n) is 4.03. The molecule has 6 heteroatoms. The highest BCUT2D eigenvalue weighted by atomic mass is 35.5. The second-order valence-corrected chi connectivity index (χ2v) is 4.82. The van der Waals surface area contributed by atoms with E-state index in [1.807, 2.05) is 6.92 Å². The highest BCUT2D eigenvalue weighted by Crippen LogP contribution is 2.21. The van der Waals surface area contributed by atoms with Crippen molar-refractivity contribution in [2.75, 3.05) is 13.2 Å². The minimum absolute atomic E-state index is 0.176. The summed E-state index contributed by atoms with van der Waals surface area (Å²) in [7, 11) is 0. The maximum atomic E-state index is 11.6. The Labute approximate surface area is 110 Å². The van der Waals surface area contributed by atoms with E-state index >= 15 is 0 Å². The van der Waals surface area contributed by atoms with Gasteiger partial charge in [0.25, 0.3) is 5.91 Å². The van der Waals surface area contributed by atoms with Gasteiger partial charge in [-0.3, -0.25) is 4.79 Å². The molecule has 1 aromatic heterocycles. The fourth-order valence-electron chi connectivity index (χ4n) is 1.37. The Balaban J connectivity index is 2.30. The molecule has 1 heterocycles. The SMILES string of the molecule is CC(CO)CCCNC(=O)c1cc(Cl)c(Cl)[nH]1. The third-order valence-corrected chi connectivity index (χ3v) is 3.13. The van der Waals surface area contributed by atoms with Gasteiger partial charge < -0.3 is 15.4 Å². The molecule has 0 aliphatic carbocycles. The number of aliphatic hydroxyl groups is 1. The highest BCUT2D eigenvalue weighted by Gasteiger charge is 2.10. The van der Waals surface area contributed by atoms with Crippen LogP contribution in [0.4, 0.5) is 0 Å². The van der Waals surface area contributed by atoms with Gasteiger partial charge in [0.15, 0.2) is 0 Å². The molecule has 4 nitrogen and oxygen atoms in total. The zero-order valence-corrected chi connectivity index (χ0v) is 11.1. The first-order valence-corrected chi connectivity index (χ1v) is 6.23. The first-order valence-electron chi connectivity index (χ1n) is 5.47. The lowest BCUT2D eigenvalue weighted by molar-refractivity contribution is 0.0947. The Morgan fingerprint density at radius 3 is 2.82 bits per heavy atom. The zero-order valence-electron chi connectivity index (χ0n) is 9.59. The standard InChI is InChI=1S/C11H16Cl2N2O2/c1-7(6-16)3-2-4-14-11(17)9-5-8(12)10(13)15-9/h5,7,15-16H,2-4,6H2,1H3,(H,14,17). The summed E-state index contributed by atoms with van der Waals surface area (Å²) in [6.45, 7) is 2.71. The number of carbonyl (C=O) groups is 1. The van der Waals surface area contributed by atoms with E-state index in [1.54, 1.807) is 0 Å². The Kier molecular flexibility index (Phi) is 5.82. The van der Waals surface area contributed by atoms with Crippen LogP contribution >= 0.6 is 23.2 Å². The van der Waals surface area contributed by atoms with Gasteiger partial charge in [0.1, 0.15) is 10.8 Å². The number of carbonyl (C=O) groups excluding carboxylic acids is 1. The predicted molar refractivity (Wildman–Crippen MR) is 68.6 cm³/mol. The van der Waals surface area contributed by atoms with Gasteiger partial charge in [-0.1, -0.05) is 30.1 Å². The largest absolute Gasteiger partial charge is 0.396 e. The van der Waals surface area contributed by atoms with Crippen LogP contribution in [0.5, 0.6) is 0 Å². The Hall–Kier alpha value is -0.710. The molecule has 17 heavy (non-hydrogen) atoms. The van der Waals surface area contributed by atoms with Crippen molar-refractivity contribution in [3.05, 3.63) is 21.9 Å². The molecule has 0 saturated carbocycles. The van der Waals surface area contributed by atoms with Crippen LogP contribution in [0.25, 0.3) is 0 Å². The molecule has 1 amide bonds. The lowest BCUT2D eigenvalue weighted by atomic mass is 10.1. The number of hydrogen-bond donors (Lipinski definition) is 3. The van der Waals surface area contributed by atoms with Gasteiger partial charge in [-0.25, -0.2) is 0 Å². The third-order valence-electron chi connectivity index (χ3n) is 2.44. The Bertz CT molecular complexity index is 360. The van der Waals surface area contributed by atoms with Crippen molar-refractivity contribution < 1.29 is 9.90 Å². The fraction of sp³-hybridized carbons (Fsp3) is 0.545. The minimum Gasteiger partial charge on any atom is -0.396 e. The van der Waals surface area contributed by atoms with Gasteiger partial charge in [0, 0.05) is 13.2 Å². The molecule has 0 saturated heterocycles. The minimum atomic E-state index is -0.226. The average Bonchev–Trinajstić information content (AvgIpc) is 2.64. The van der Waals surface area contributed by atoms with Crippen molar-refractivity contribution >= 4 is 29.1 Å². The van der Waals surface area contributed by atoms with E-state index in [4.69, 9.17) is 28.3 Å². The van der Waals surface area contributed by atoms with Crippen molar-refractivity contribution in [2.24, 2.45) is 5.92 Å². The van der Waals surface area contributed by atoms with Gasteiger partial charge in [-0.2, -0.15) is 0 Å². The highest BCUT2D eigenvalue weighted by molar-refractivity contribution is 6.41. The molecule has 1 atom stereocenters. The lowest BCUT2D eigenvalue weighted by Crippen LogP contribution is -2.25. The predicted octanol–water partition coefficient (Wildman–Crippen LogP) is 2.46. The fourth-order valence-corrected chi connectivity index (χ4v) is 1.68. The van der Waals surface area contributed by atoms with Crippen LogP contribution in [0, 0.1) is 5.92 Å². The molecule has 1 aromatic rings. The van der Waals surface area contributed by atoms with Crippen molar-refractivity contribution in [1.82, 2.24) is 10.3 Å². The molecule has 1 unspecified atom stereocenters. The number of aromatic amines is 1. The summed E-state index contributed by atoms with van der Waals surface area (Å²) in [6.07, 6.45) is 1.71. The summed E-state index contributed by atoms with van der Waals surface area (Å²) in [6, 6.07) is 1.50. The van der Waals surface area contributed by atoms with Gasteiger partial charge in [0.05, 0.1) is 5.02 Å². The van der Waals surface area contributed by atoms with Crippen molar-refractivity contribution in [1.29, 1.82) is 0 Å². The van der Waals surface area contributed by atoms with E-state index in [1.165, 1.54) is 6.07 Å². The molecule has 0 radical (unpaired) electrons. The third kappa shape index (κ3) is 4.58. The van der Waals surface area contributed by atoms with Gasteiger partial charge in [-0.05, 0) is 24.8 Å². The molecule has 0 aliphatic rings. The molecule has 0 fully saturated rings. The van der Waals surface area contributed by atoms with Crippen LogP contribution < -0.4 is 5.32 Å². The Morgan fingerprint density at radius 1 is 1.59 bits per heavy atom. The summed E-state index contributed by atoms with van der Waals surface area (Å²) >= 11 is 11.4. The normalized spacial score (nSPS) is 12.5. The molecule has 3 N–H and O–H groups in total. The zero-order chi connectivity index (χ0) is 12.8. The second kappa shape index (κ2) is 6.89. The number of amides is 1. The van der Waals surface area contributed by atoms with E-state index in [-0.39, 0.29) is 23.6 Å². The van der Waals surface area contributed by atoms with Gasteiger partial charge in [-0.15, -0.1) is 0 Å². The Morgan fingerprint density at radius 2 is 2.29 bits per heavy atom. The smallest absolute Gasteiger partial charge is 0.267 e. The van der Waals surface area contributed by atoms with Crippen LogP contribution in [-0.4, -0.2) is 29.1 Å². The van der Waals surface area contributed by atoms with Crippen LogP contribution in [0.2, 0.25) is 10.2 Å². The number of nitrogens with one attached hydrogen (secondary N) is 2. The number of hydrogen-bond acceptors (Lipinski definition) is 2. The molecule has 96 valence electrons. The average molecular weight is 279 g/mol. The van der Waals surface area contributed by atoms with Crippen molar-refractivity contribution in [3.63, 3.8) is 0 Å². The molecule has 1 rings (SSSR count). The molecule has 0 aliphatic heterocycles. The van der Waals surface area contributed by atoms with E-state index in [0.717, 1.165) is 12.8 Å². The summed E-state index contributed by atoms with van der Waals surface area (Å²) in [5, 5.41) is 12.2. The molecular formula is C11H16Cl2N2O2. The first kappa shape index (κ1) is 14.4. The van der Waals surface area contributed by atoms with E-state index in [9.17, 15) is 4.79 Å². The van der Waals surface area contributed by atoms with Crippen LogP contribution in [-0.2, 0) is 0 Å². The summed E-state index contributed by atoms with van der Waals surface area (Å²) in [4.78, 5) is 14.3. The summed E-state index contributed by atoms with van der Waals surface area (Å²) in [5.41, 5.74) is 0.357. The topological polar surface area (TPSA) is 65.1 Å². The van der Waals surface area contributed by atoms with Gasteiger partial charge >= 0.3 is 0 Å². The quantitative estimate of drug-likeness (QED) is 0.700.